The Morgan fingerprint density at radius 2 is 1.38 bits per heavy atom. The molecule has 1 aromatic rings. The van der Waals surface area contributed by atoms with E-state index in [1.165, 1.54) is 19.2 Å². The number of hydrogen-bond acceptors (Lipinski definition) is 11. The number of rotatable bonds is 15. The van der Waals surface area contributed by atoms with Gasteiger partial charge < -0.3 is 34.2 Å². The molecule has 1 aromatic carbocycles. The molecule has 0 saturated carbocycles. The van der Waals surface area contributed by atoms with Crippen LogP contribution in [0.25, 0.3) is 0 Å². The van der Waals surface area contributed by atoms with Crippen LogP contribution in [0.2, 0.25) is 0 Å². The summed E-state index contributed by atoms with van der Waals surface area (Å²) < 4.78 is 31.1. The van der Waals surface area contributed by atoms with Crippen LogP contribution in [0.15, 0.2) is 18.2 Å². The lowest BCUT2D eigenvalue weighted by atomic mass is 9.86. The molecule has 11 heteroatoms. The van der Waals surface area contributed by atoms with Crippen molar-refractivity contribution in [2.45, 2.75) is 85.8 Å². The van der Waals surface area contributed by atoms with E-state index in [0.29, 0.717) is 17.9 Å². The maximum atomic E-state index is 12.7. The van der Waals surface area contributed by atoms with E-state index >= 15 is 0 Å². The fraction of sp³-hybridized carbons (Fsp3) is 0.655. The lowest BCUT2D eigenvalue weighted by Crippen LogP contribution is -2.53. The minimum absolute atomic E-state index is 0.0283. The van der Waals surface area contributed by atoms with Gasteiger partial charge in [0.05, 0.1) is 20.3 Å². The van der Waals surface area contributed by atoms with Crippen LogP contribution in [0, 0.1) is 17.8 Å². The Morgan fingerprint density at radius 1 is 0.825 bits per heavy atom. The van der Waals surface area contributed by atoms with Gasteiger partial charge in [-0.2, -0.15) is 0 Å². The highest BCUT2D eigenvalue weighted by Gasteiger charge is 2.38. The normalized spacial score (nSPS) is 13.4. The zero-order valence-corrected chi connectivity index (χ0v) is 24.9. The van der Waals surface area contributed by atoms with E-state index in [1.807, 2.05) is 41.5 Å². The Balaban J connectivity index is 3.18. The third kappa shape index (κ3) is 13.1. The van der Waals surface area contributed by atoms with Gasteiger partial charge in [-0.15, -0.1) is 0 Å². The van der Waals surface area contributed by atoms with Crippen LogP contribution >= 0.6 is 0 Å². The van der Waals surface area contributed by atoms with Crippen molar-refractivity contribution in [1.82, 2.24) is 0 Å². The summed E-state index contributed by atoms with van der Waals surface area (Å²) in [6.45, 7) is 13.4. The van der Waals surface area contributed by atoms with Crippen molar-refractivity contribution in [3.8, 4) is 11.5 Å². The fourth-order valence-corrected chi connectivity index (χ4v) is 3.57. The van der Waals surface area contributed by atoms with Crippen LogP contribution in [0.5, 0.6) is 11.5 Å². The first-order valence-electron chi connectivity index (χ1n) is 13.5. The van der Waals surface area contributed by atoms with E-state index in [2.05, 4.69) is 0 Å². The van der Waals surface area contributed by atoms with Gasteiger partial charge in [-0.1, -0.05) is 47.6 Å². The second kappa shape index (κ2) is 16.7. The van der Waals surface area contributed by atoms with Gasteiger partial charge >= 0.3 is 24.2 Å². The second-order valence-electron chi connectivity index (χ2n) is 11.2. The summed E-state index contributed by atoms with van der Waals surface area (Å²) in [5.74, 6) is -0.816. The Bertz CT molecular complexity index is 991. The summed E-state index contributed by atoms with van der Waals surface area (Å²) in [7, 11) is 1.21. The zero-order chi connectivity index (χ0) is 30.5. The monoisotopic (exact) mass is 567 g/mol. The molecule has 0 aliphatic carbocycles. The molecule has 0 spiro atoms. The van der Waals surface area contributed by atoms with E-state index in [9.17, 15) is 19.2 Å². The highest BCUT2D eigenvalue weighted by atomic mass is 16.7. The molecule has 0 aliphatic rings. The lowest BCUT2D eigenvalue weighted by Gasteiger charge is -2.29. The van der Waals surface area contributed by atoms with E-state index in [-0.39, 0.29) is 61.8 Å². The first-order valence-corrected chi connectivity index (χ1v) is 13.5. The van der Waals surface area contributed by atoms with E-state index in [4.69, 9.17) is 34.2 Å². The van der Waals surface area contributed by atoms with Gasteiger partial charge in [-0.05, 0) is 48.8 Å². The molecule has 0 bridgehead atoms. The van der Waals surface area contributed by atoms with E-state index < -0.39 is 29.9 Å². The number of hydrogen-bond donors (Lipinski definition) is 1. The Labute approximate surface area is 236 Å². The summed E-state index contributed by atoms with van der Waals surface area (Å²) in [6, 6.07) is 4.36. The molecular weight excluding hydrogens is 522 g/mol. The molecule has 1 unspecified atom stereocenters. The third-order valence-electron chi connectivity index (χ3n) is 5.49. The van der Waals surface area contributed by atoms with Crippen LogP contribution in [0.1, 0.15) is 73.3 Å². The van der Waals surface area contributed by atoms with Crippen LogP contribution in [0.3, 0.4) is 0 Å². The van der Waals surface area contributed by atoms with Gasteiger partial charge in [0.15, 0.2) is 11.5 Å². The topological polar surface area (TPSA) is 150 Å². The van der Waals surface area contributed by atoms with Crippen molar-refractivity contribution in [2.24, 2.45) is 23.5 Å². The Hall–Kier alpha value is -3.34. The molecule has 0 amide bonds. The molecule has 2 atom stereocenters. The molecule has 0 heterocycles. The minimum atomic E-state index is -1.58. The smallest absolute Gasteiger partial charge is 0.468 e. The molecule has 0 fully saturated rings. The third-order valence-corrected chi connectivity index (χ3v) is 5.49. The van der Waals surface area contributed by atoms with Gasteiger partial charge in [-0.3, -0.25) is 9.59 Å². The van der Waals surface area contributed by atoms with Gasteiger partial charge in [0, 0.05) is 19.3 Å². The number of ether oxygens (including phenoxy) is 6. The zero-order valence-electron chi connectivity index (χ0n) is 24.9. The standard InChI is InChI=1S/C29H45NO10/c1-18(2)9-12-25(31)38-21(7)14-29(30,26(32)35-8)15-22-10-11-23(39-27(33)36-16-19(3)4)24(13-22)40-28(34)37-17-20(5)6/h10-11,13,18-21H,9,12,14-17,30H2,1-8H3/t21?,29-/m1/s1. The van der Waals surface area contributed by atoms with Crippen molar-refractivity contribution < 1.29 is 47.6 Å². The summed E-state index contributed by atoms with van der Waals surface area (Å²) in [6.07, 6.45) is -1.81. The van der Waals surface area contributed by atoms with Gasteiger partial charge in [0.25, 0.3) is 0 Å². The Kier molecular flexibility index (Phi) is 14.5. The number of esters is 2. The number of methoxy groups -OCH3 is 1. The largest absolute Gasteiger partial charge is 0.513 e. The summed E-state index contributed by atoms with van der Waals surface area (Å²) in [5.41, 5.74) is 5.37. The Morgan fingerprint density at radius 3 is 1.88 bits per heavy atom. The second-order valence-corrected chi connectivity index (χ2v) is 11.2. The summed E-state index contributed by atoms with van der Waals surface area (Å²) >= 11 is 0. The molecule has 11 nitrogen and oxygen atoms in total. The predicted molar refractivity (Wildman–Crippen MR) is 147 cm³/mol. The first kappa shape index (κ1) is 34.7. The molecule has 0 saturated heterocycles. The number of nitrogens with two attached hydrogens (primary N) is 1. The number of benzene rings is 1. The predicted octanol–water partition coefficient (Wildman–Crippen LogP) is 5.20. The van der Waals surface area contributed by atoms with E-state index in [0.717, 1.165) is 0 Å². The summed E-state index contributed by atoms with van der Waals surface area (Å²) in [5, 5.41) is 0. The fourth-order valence-electron chi connectivity index (χ4n) is 3.57. The molecular formula is C29H45NO10. The average molecular weight is 568 g/mol. The van der Waals surface area contributed by atoms with Crippen molar-refractivity contribution >= 4 is 24.2 Å². The SMILES string of the molecule is COC(=O)[C@](N)(Cc1ccc(OC(=O)OCC(C)C)c(OC(=O)OCC(C)C)c1)CC(C)OC(=O)CCC(C)C. The lowest BCUT2D eigenvalue weighted by molar-refractivity contribution is -0.155. The first-order chi connectivity index (χ1) is 18.6. The summed E-state index contributed by atoms with van der Waals surface area (Å²) in [4.78, 5) is 49.4. The maximum absolute atomic E-state index is 12.7. The molecule has 0 aromatic heterocycles. The van der Waals surface area contributed by atoms with Crippen molar-refractivity contribution in [2.75, 3.05) is 20.3 Å². The van der Waals surface area contributed by atoms with Crippen molar-refractivity contribution in [3.05, 3.63) is 23.8 Å². The number of carbonyl (C=O) groups excluding carboxylic acids is 4. The molecule has 1 rings (SSSR count). The van der Waals surface area contributed by atoms with Crippen LogP contribution in [-0.4, -0.2) is 56.2 Å². The van der Waals surface area contributed by atoms with Gasteiger partial charge in [0.2, 0.25) is 0 Å². The quantitative estimate of drug-likeness (QED) is 0.169. The minimum Gasteiger partial charge on any atom is -0.468 e. The molecule has 40 heavy (non-hydrogen) atoms. The van der Waals surface area contributed by atoms with Crippen molar-refractivity contribution in [3.63, 3.8) is 0 Å². The van der Waals surface area contributed by atoms with Gasteiger partial charge in [0.1, 0.15) is 11.6 Å². The van der Waals surface area contributed by atoms with Crippen LogP contribution in [0.4, 0.5) is 9.59 Å². The maximum Gasteiger partial charge on any atom is 0.513 e. The molecule has 2 N–H and O–H groups in total. The van der Waals surface area contributed by atoms with Gasteiger partial charge in [-0.25, -0.2) is 9.59 Å². The van der Waals surface area contributed by atoms with Crippen LogP contribution < -0.4 is 15.2 Å². The average Bonchev–Trinajstić information content (AvgIpc) is 2.85. The highest BCUT2D eigenvalue weighted by molar-refractivity contribution is 5.81. The molecule has 226 valence electrons. The molecule has 0 aliphatic heterocycles. The number of carbonyl (C=O) groups is 4. The van der Waals surface area contributed by atoms with Crippen molar-refractivity contribution in [1.29, 1.82) is 0 Å². The van der Waals surface area contributed by atoms with Crippen LogP contribution in [-0.2, 0) is 35.0 Å². The molecule has 0 radical (unpaired) electrons. The van der Waals surface area contributed by atoms with E-state index in [1.54, 1.807) is 13.0 Å². The highest BCUT2D eigenvalue weighted by Crippen LogP contribution is 2.32.